The van der Waals surface area contributed by atoms with Gasteiger partial charge in [-0.15, -0.1) is 0 Å². The van der Waals surface area contributed by atoms with Crippen LogP contribution in [0, 0.1) is 0 Å². The van der Waals surface area contributed by atoms with Crippen LogP contribution >= 0.6 is 10.3 Å². The lowest BCUT2D eigenvalue weighted by Crippen LogP contribution is -2.17. The van der Waals surface area contributed by atoms with Crippen LogP contribution in [0.25, 0.3) is 0 Å². The highest BCUT2D eigenvalue weighted by molar-refractivity contribution is 8.30. The molecule has 3 aromatic rings. The van der Waals surface area contributed by atoms with Crippen LogP contribution in [0.15, 0.2) is 101 Å². The van der Waals surface area contributed by atoms with Crippen molar-refractivity contribution in [3.05, 3.63) is 96.6 Å². The average Bonchev–Trinajstić information content (AvgIpc) is 3.54. The van der Waals surface area contributed by atoms with E-state index in [0.717, 1.165) is 22.6 Å². The molecule has 3 heteroatoms. The van der Waals surface area contributed by atoms with Crippen molar-refractivity contribution in [1.29, 1.82) is 0 Å². The zero-order valence-electron chi connectivity index (χ0n) is 13.9. The number of hydrogen-bond donors (Lipinski definition) is 0. The minimum absolute atomic E-state index is 0.00945. The van der Waals surface area contributed by atoms with E-state index in [4.69, 9.17) is 4.18 Å². The van der Waals surface area contributed by atoms with Crippen molar-refractivity contribution in [3.8, 4) is 0 Å². The van der Waals surface area contributed by atoms with Gasteiger partial charge in [-0.25, -0.2) is 0 Å². The first-order valence-corrected chi connectivity index (χ1v) is 10.2. The molecule has 2 nitrogen and oxygen atoms in total. The van der Waals surface area contributed by atoms with Crippen molar-refractivity contribution < 1.29 is 8.98 Å². The lowest BCUT2D eigenvalue weighted by Gasteiger charge is -2.33. The monoisotopic (exact) mass is 349 g/mol. The second-order valence-electron chi connectivity index (χ2n) is 6.18. The Labute approximate surface area is 150 Å². The number of benzene rings is 3. The molecule has 0 saturated heterocycles. The first kappa shape index (κ1) is 16.0. The van der Waals surface area contributed by atoms with Gasteiger partial charge in [0.15, 0.2) is 0 Å². The molecule has 0 radical (unpaired) electrons. The molecule has 0 atom stereocenters. The summed E-state index contributed by atoms with van der Waals surface area (Å²) in [7, 11) is -1.79. The van der Waals surface area contributed by atoms with Gasteiger partial charge in [0, 0.05) is 0 Å². The molecule has 0 spiro atoms. The first-order valence-electron chi connectivity index (χ1n) is 8.54. The van der Waals surface area contributed by atoms with E-state index >= 15 is 0 Å². The lowest BCUT2D eigenvalue weighted by molar-refractivity contribution is 0.503. The van der Waals surface area contributed by atoms with Gasteiger partial charge in [-0.2, -0.15) is 0 Å². The molecule has 1 fully saturated rings. The summed E-state index contributed by atoms with van der Waals surface area (Å²) in [5.74, 6) is 0.00945. The third-order valence-corrected chi connectivity index (χ3v) is 8.19. The second-order valence-corrected chi connectivity index (χ2v) is 9.16. The van der Waals surface area contributed by atoms with E-state index in [1.165, 1.54) is 0 Å². The predicted octanol–water partition coefficient (Wildman–Crippen LogP) is 5.55. The van der Waals surface area contributed by atoms with Crippen LogP contribution in [0.4, 0.5) is 0 Å². The van der Waals surface area contributed by atoms with Gasteiger partial charge in [0.05, 0.1) is 25.3 Å². The minimum atomic E-state index is -1.79. The smallest absolute Gasteiger partial charge is 0.334 e. The Bertz CT molecular complexity index is 803. The molecule has 0 heterocycles. The molecular weight excluding hydrogens is 328 g/mol. The topological polar surface area (TPSA) is 30.6 Å². The standard InChI is InChI=1S/C22H20O2S/c23-22(18-10-4-1-5-11-18)24-25(21-16-17-21,19-12-6-2-7-13-19)20-14-8-3-9-15-20/h1-15,21H,16-17H2/p+1. The van der Waals surface area contributed by atoms with E-state index in [1.807, 2.05) is 66.7 Å². The lowest BCUT2D eigenvalue weighted by atomic mass is 10.2. The van der Waals surface area contributed by atoms with Gasteiger partial charge in [-0.1, -0.05) is 54.6 Å². The molecule has 1 aliphatic carbocycles. The van der Waals surface area contributed by atoms with Crippen molar-refractivity contribution >= 4 is 16.3 Å². The van der Waals surface area contributed by atoms with E-state index in [1.54, 1.807) is 0 Å². The zero-order valence-corrected chi connectivity index (χ0v) is 14.7. The number of hydrogen-bond acceptors (Lipinski definition) is 1. The number of carbonyl (C=O) groups excluding carboxylic acids is 1. The van der Waals surface area contributed by atoms with E-state index < -0.39 is 10.3 Å². The third kappa shape index (κ3) is 3.08. The van der Waals surface area contributed by atoms with Crippen molar-refractivity contribution in [2.75, 3.05) is 0 Å². The van der Waals surface area contributed by atoms with Crippen molar-refractivity contribution in [2.24, 2.45) is 0 Å². The Morgan fingerprint density at radius 3 is 1.60 bits per heavy atom. The van der Waals surface area contributed by atoms with Crippen LogP contribution in [0.5, 0.6) is 0 Å². The molecule has 0 unspecified atom stereocenters. The van der Waals surface area contributed by atoms with E-state index in [9.17, 15) is 4.79 Å². The highest BCUT2D eigenvalue weighted by Gasteiger charge is 2.52. The molecule has 3 aromatic carbocycles. The summed E-state index contributed by atoms with van der Waals surface area (Å²) in [4.78, 5) is 13.1. The summed E-state index contributed by atoms with van der Waals surface area (Å²) >= 11 is 0. The van der Waals surface area contributed by atoms with Gasteiger partial charge in [-0.05, 0) is 49.2 Å². The molecule has 1 N–H and O–H groups in total. The quantitative estimate of drug-likeness (QED) is 0.555. The SMILES string of the molecule is [OH+]=C(OS(c1ccccc1)(c1ccccc1)C1CC1)c1ccccc1. The fourth-order valence-corrected chi connectivity index (χ4v) is 6.72. The molecule has 1 saturated carbocycles. The van der Waals surface area contributed by atoms with Gasteiger partial charge in [0.2, 0.25) is 0 Å². The Hall–Kier alpha value is -2.52. The van der Waals surface area contributed by atoms with Crippen molar-refractivity contribution in [1.82, 2.24) is 0 Å². The molecule has 0 aromatic heterocycles. The van der Waals surface area contributed by atoms with Gasteiger partial charge < -0.3 is 4.79 Å². The van der Waals surface area contributed by atoms with Crippen LogP contribution in [-0.2, 0) is 4.18 Å². The Morgan fingerprint density at radius 2 is 1.16 bits per heavy atom. The normalized spacial score (nSPS) is 14.7. The Morgan fingerprint density at radius 1 is 0.720 bits per heavy atom. The summed E-state index contributed by atoms with van der Waals surface area (Å²) in [5, 5.41) is 0.433. The Kier molecular flexibility index (Phi) is 4.33. The molecule has 1 aliphatic rings. The van der Waals surface area contributed by atoms with Gasteiger partial charge in [0.25, 0.3) is 0 Å². The minimum Gasteiger partial charge on any atom is -0.334 e. The summed E-state index contributed by atoms with van der Waals surface area (Å²) < 4.78 is 6.48. The van der Waals surface area contributed by atoms with Crippen LogP contribution in [0.1, 0.15) is 18.4 Å². The highest BCUT2D eigenvalue weighted by atomic mass is 32.3. The van der Waals surface area contributed by atoms with Crippen LogP contribution in [-0.4, -0.2) is 16.0 Å². The fraction of sp³-hybridized carbons (Fsp3) is 0.136. The van der Waals surface area contributed by atoms with Crippen LogP contribution < -0.4 is 0 Å². The zero-order chi connectivity index (χ0) is 17.1. The molecule has 0 aliphatic heterocycles. The first-order chi connectivity index (χ1) is 12.3. The van der Waals surface area contributed by atoms with Crippen molar-refractivity contribution in [3.63, 3.8) is 0 Å². The fourth-order valence-electron chi connectivity index (χ4n) is 3.08. The van der Waals surface area contributed by atoms with Gasteiger partial charge in [0.1, 0.15) is 5.56 Å². The van der Waals surface area contributed by atoms with Crippen LogP contribution in [0.3, 0.4) is 0 Å². The Balaban J connectivity index is 1.82. The van der Waals surface area contributed by atoms with Gasteiger partial charge in [-0.3, -0.25) is 4.18 Å². The summed E-state index contributed by atoms with van der Waals surface area (Å²) in [6.07, 6.45) is 2.25. The molecule has 0 bridgehead atoms. The maximum Gasteiger partial charge on any atom is 0.530 e. The van der Waals surface area contributed by atoms with Gasteiger partial charge >= 0.3 is 5.97 Å². The maximum absolute atomic E-state index is 10.8. The van der Waals surface area contributed by atoms with E-state index in [2.05, 4.69) is 24.3 Å². The largest absolute Gasteiger partial charge is 0.530 e. The molecule has 25 heavy (non-hydrogen) atoms. The van der Waals surface area contributed by atoms with E-state index in [0.29, 0.717) is 10.8 Å². The molecule has 4 rings (SSSR count). The third-order valence-electron chi connectivity index (χ3n) is 4.41. The summed E-state index contributed by atoms with van der Waals surface area (Å²) in [5.41, 5.74) is 0.715. The number of rotatable bonds is 5. The predicted molar refractivity (Wildman–Crippen MR) is 104 cm³/mol. The second kappa shape index (κ2) is 6.77. The maximum atomic E-state index is 10.8. The summed E-state index contributed by atoms with van der Waals surface area (Å²) in [6, 6.07) is 30.2. The highest BCUT2D eigenvalue weighted by Crippen LogP contribution is 2.72. The molecule has 126 valence electrons. The molecular formula is C22H21O2S+. The van der Waals surface area contributed by atoms with Crippen LogP contribution in [0.2, 0.25) is 0 Å². The molecule has 0 amide bonds. The van der Waals surface area contributed by atoms with Crippen molar-refractivity contribution in [2.45, 2.75) is 27.9 Å². The summed E-state index contributed by atoms with van der Waals surface area (Å²) in [6.45, 7) is 0. The average molecular weight is 349 g/mol. The van der Waals surface area contributed by atoms with E-state index in [-0.39, 0.29) is 5.97 Å².